The summed E-state index contributed by atoms with van der Waals surface area (Å²) in [6, 6.07) is 6.78. The van der Waals surface area contributed by atoms with E-state index < -0.39 is 0 Å². The zero-order valence-corrected chi connectivity index (χ0v) is 10.9. The molecule has 0 radical (unpaired) electrons. The van der Waals surface area contributed by atoms with Crippen LogP contribution in [0.25, 0.3) is 0 Å². The minimum Gasteiger partial charge on any atom is -0.384 e. The fourth-order valence-corrected chi connectivity index (χ4v) is 2.85. The molecule has 3 nitrogen and oxygen atoms in total. The average Bonchev–Trinajstić information content (AvgIpc) is 2.86. The van der Waals surface area contributed by atoms with Gasteiger partial charge in [0.2, 0.25) is 0 Å². The molecule has 0 fully saturated rings. The summed E-state index contributed by atoms with van der Waals surface area (Å²) < 4.78 is 5.09. The lowest BCUT2D eigenvalue weighted by Gasteiger charge is -2.24. The highest BCUT2D eigenvalue weighted by molar-refractivity contribution is 5.47. The number of nitrogens with zero attached hydrogens (tertiary/aromatic N) is 1. The first-order valence-corrected chi connectivity index (χ1v) is 6.48. The van der Waals surface area contributed by atoms with Crippen LogP contribution in [0.5, 0.6) is 0 Å². The number of hydrogen-bond donors (Lipinski definition) is 1. The lowest BCUT2D eigenvalue weighted by atomic mass is 9.81. The van der Waals surface area contributed by atoms with E-state index in [9.17, 15) is 0 Å². The first kappa shape index (κ1) is 11.3. The van der Waals surface area contributed by atoms with Gasteiger partial charge in [-0.2, -0.15) is 0 Å². The first-order valence-electron chi connectivity index (χ1n) is 6.48. The maximum Gasteiger partial charge on any atom is 0.147 e. The van der Waals surface area contributed by atoms with Crippen LogP contribution in [0.4, 0.5) is 5.69 Å². The van der Waals surface area contributed by atoms with E-state index in [2.05, 4.69) is 35.6 Å². The fraction of sp³-hybridized carbons (Fsp3) is 0.400. The second-order valence-corrected chi connectivity index (χ2v) is 5.08. The number of aryl methyl sites for hydroxylation is 2. The second kappa shape index (κ2) is 4.48. The highest BCUT2D eigenvalue weighted by Gasteiger charge is 2.24. The Hall–Kier alpha value is -1.77. The molecule has 0 bridgehead atoms. The molecule has 1 unspecified atom stereocenters. The van der Waals surface area contributed by atoms with Crippen LogP contribution in [0, 0.1) is 6.92 Å². The summed E-state index contributed by atoms with van der Waals surface area (Å²) in [4.78, 5) is 0. The predicted octanol–water partition coefficient (Wildman–Crippen LogP) is 3.30. The SMILES string of the molecule is CNc1conc1C1CCc2ccc(C)cc2C1. The minimum absolute atomic E-state index is 0.473. The molecule has 3 rings (SSSR count). The van der Waals surface area contributed by atoms with Gasteiger partial charge < -0.3 is 9.84 Å². The van der Waals surface area contributed by atoms with Crippen LogP contribution in [-0.4, -0.2) is 12.2 Å². The van der Waals surface area contributed by atoms with Crippen LogP contribution in [0.2, 0.25) is 0 Å². The Morgan fingerprint density at radius 2 is 2.22 bits per heavy atom. The number of nitrogens with one attached hydrogen (secondary N) is 1. The van der Waals surface area contributed by atoms with Gasteiger partial charge in [0.1, 0.15) is 12.0 Å². The largest absolute Gasteiger partial charge is 0.384 e. The Morgan fingerprint density at radius 1 is 1.33 bits per heavy atom. The number of anilines is 1. The van der Waals surface area contributed by atoms with E-state index in [1.165, 1.54) is 16.7 Å². The topological polar surface area (TPSA) is 38.1 Å². The third kappa shape index (κ3) is 1.90. The van der Waals surface area contributed by atoms with E-state index >= 15 is 0 Å². The van der Waals surface area contributed by atoms with Crippen molar-refractivity contribution in [2.45, 2.75) is 32.1 Å². The lowest BCUT2D eigenvalue weighted by Crippen LogP contribution is -2.14. The molecule has 2 aromatic rings. The molecule has 1 aromatic carbocycles. The fourth-order valence-electron chi connectivity index (χ4n) is 2.85. The van der Waals surface area contributed by atoms with E-state index in [1.807, 2.05) is 7.05 Å². The highest BCUT2D eigenvalue weighted by Crippen LogP contribution is 2.35. The molecule has 0 aliphatic heterocycles. The molecule has 1 aromatic heterocycles. The van der Waals surface area contributed by atoms with Gasteiger partial charge >= 0.3 is 0 Å². The number of benzene rings is 1. The standard InChI is InChI=1S/C15H18N2O/c1-10-3-4-11-5-6-12(8-13(11)7-10)15-14(16-2)9-18-17-15/h3-4,7,9,12,16H,5-6,8H2,1-2H3. The van der Waals surface area contributed by atoms with Crippen LogP contribution >= 0.6 is 0 Å². The molecule has 0 amide bonds. The molecule has 3 heteroatoms. The molecule has 0 saturated carbocycles. The molecular weight excluding hydrogens is 224 g/mol. The third-order valence-corrected chi connectivity index (χ3v) is 3.84. The molecule has 1 aliphatic carbocycles. The van der Waals surface area contributed by atoms with Gasteiger partial charge in [-0.25, -0.2) is 0 Å². The van der Waals surface area contributed by atoms with E-state index in [-0.39, 0.29) is 0 Å². The van der Waals surface area contributed by atoms with Crippen LogP contribution in [-0.2, 0) is 12.8 Å². The summed E-state index contributed by atoms with van der Waals surface area (Å²) in [5.41, 5.74) is 6.40. The quantitative estimate of drug-likeness (QED) is 0.878. The average molecular weight is 242 g/mol. The van der Waals surface area contributed by atoms with Gasteiger partial charge in [-0.3, -0.25) is 0 Å². The van der Waals surface area contributed by atoms with Gasteiger partial charge in [0.15, 0.2) is 0 Å². The van der Waals surface area contributed by atoms with Crippen molar-refractivity contribution in [2.24, 2.45) is 0 Å². The Bertz CT molecular complexity index is 559. The summed E-state index contributed by atoms with van der Waals surface area (Å²) in [5, 5.41) is 7.32. The van der Waals surface area contributed by atoms with Crippen molar-refractivity contribution < 1.29 is 4.52 Å². The normalized spacial score (nSPS) is 18.4. The number of rotatable bonds is 2. The summed E-state index contributed by atoms with van der Waals surface area (Å²) in [6.45, 7) is 2.15. The predicted molar refractivity (Wildman–Crippen MR) is 72.0 cm³/mol. The Balaban J connectivity index is 1.90. The monoisotopic (exact) mass is 242 g/mol. The van der Waals surface area contributed by atoms with Crippen molar-refractivity contribution in [1.82, 2.24) is 5.16 Å². The summed E-state index contributed by atoms with van der Waals surface area (Å²) in [7, 11) is 1.91. The van der Waals surface area contributed by atoms with Crippen LogP contribution < -0.4 is 5.32 Å². The maximum absolute atomic E-state index is 5.09. The van der Waals surface area contributed by atoms with Crippen molar-refractivity contribution in [3.63, 3.8) is 0 Å². The maximum atomic E-state index is 5.09. The first-order chi connectivity index (χ1) is 8.78. The second-order valence-electron chi connectivity index (χ2n) is 5.08. The van der Waals surface area contributed by atoms with Crippen molar-refractivity contribution >= 4 is 5.69 Å². The molecule has 0 spiro atoms. The third-order valence-electron chi connectivity index (χ3n) is 3.84. The molecular formula is C15H18N2O. The highest BCUT2D eigenvalue weighted by atomic mass is 16.5. The lowest BCUT2D eigenvalue weighted by molar-refractivity contribution is 0.399. The van der Waals surface area contributed by atoms with Crippen molar-refractivity contribution in [3.05, 3.63) is 46.8 Å². The van der Waals surface area contributed by atoms with Crippen molar-refractivity contribution in [3.8, 4) is 0 Å². The molecule has 0 saturated heterocycles. The van der Waals surface area contributed by atoms with Gasteiger partial charge in [-0.1, -0.05) is 28.9 Å². The molecule has 1 N–H and O–H groups in total. The van der Waals surface area contributed by atoms with E-state index in [0.29, 0.717) is 5.92 Å². The summed E-state index contributed by atoms with van der Waals surface area (Å²) in [6.07, 6.45) is 5.05. The smallest absolute Gasteiger partial charge is 0.147 e. The number of hydrogen-bond acceptors (Lipinski definition) is 3. The Labute approximate surface area is 107 Å². The zero-order chi connectivity index (χ0) is 12.5. The van der Waals surface area contributed by atoms with Gasteiger partial charge in [0.05, 0.1) is 5.69 Å². The Kier molecular flexibility index (Phi) is 2.82. The van der Waals surface area contributed by atoms with Crippen molar-refractivity contribution in [1.29, 1.82) is 0 Å². The molecule has 18 heavy (non-hydrogen) atoms. The van der Waals surface area contributed by atoms with Crippen LogP contribution in [0.15, 0.2) is 29.0 Å². The van der Waals surface area contributed by atoms with E-state index in [0.717, 1.165) is 30.6 Å². The Morgan fingerprint density at radius 3 is 3.06 bits per heavy atom. The molecule has 1 heterocycles. The van der Waals surface area contributed by atoms with Gasteiger partial charge in [0, 0.05) is 13.0 Å². The van der Waals surface area contributed by atoms with Crippen molar-refractivity contribution in [2.75, 3.05) is 12.4 Å². The summed E-state index contributed by atoms with van der Waals surface area (Å²) >= 11 is 0. The number of fused-ring (bicyclic) bond motifs is 1. The van der Waals surface area contributed by atoms with Gasteiger partial charge in [-0.15, -0.1) is 0 Å². The zero-order valence-electron chi connectivity index (χ0n) is 10.9. The molecule has 94 valence electrons. The van der Waals surface area contributed by atoms with E-state index in [4.69, 9.17) is 4.52 Å². The van der Waals surface area contributed by atoms with Crippen LogP contribution in [0.3, 0.4) is 0 Å². The molecule has 1 atom stereocenters. The minimum atomic E-state index is 0.473. The van der Waals surface area contributed by atoms with Crippen LogP contribution in [0.1, 0.15) is 34.7 Å². The molecule has 1 aliphatic rings. The van der Waals surface area contributed by atoms with Gasteiger partial charge in [0.25, 0.3) is 0 Å². The van der Waals surface area contributed by atoms with Gasteiger partial charge in [-0.05, 0) is 37.3 Å². The summed E-state index contributed by atoms with van der Waals surface area (Å²) in [5.74, 6) is 0.473. The number of aromatic nitrogens is 1. The van der Waals surface area contributed by atoms with E-state index in [1.54, 1.807) is 6.26 Å².